The highest BCUT2D eigenvalue weighted by atomic mass is 79.9. The van der Waals surface area contributed by atoms with E-state index in [0.717, 1.165) is 10.2 Å². The molecule has 4 heteroatoms. The monoisotopic (exact) mass is 338 g/mol. The first-order valence-corrected chi connectivity index (χ1v) is 8.30. The minimum atomic E-state index is 0.666. The number of piperidine rings is 2. The van der Waals surface area contributed by atoms with Gasteiger partial charge in [0, 0.05) is 34.4 Å². The Morgan fingerprint density at radius 1 is 1.20 bits per heavy atom. The first kappa shape index (κ1) is 14.2. The molecule has 0 aliphatic carbocycles. The standard InChI is InChI=1S/C16H23BrN2O/c1-18-12-8-13-4-3-5-14(9-12)19(13)15-6-11(17)7-16(10-15)20-2/h6-7,10,12-14,18H,3-5,8-9H2,1-2H3. The highest BCUT2D eigenvalue weighted by Crippen LogP contribution is 2.39. The summed E-state index contributed by atoms with van der Waals surface area (Å²) in [7, 11) is 3.83. The van der Waals surface area contributed by atoms with Gasteiger partial charge in [-0.25, -0.2) is 0 Å². The first-order valence-electron chi connectivity index (χ1n) is 7.51. The van der Waals surface area contributed by atoms with E-state index in [0.29, 0.717) is 18.1 Å². The predicted molar refractivity (Wildman–Crippen MR) is 86.7 cm³/mol. The summed E-state index contributed by atoms with van der Waals surface area (Å²) in [5, 5.41) is 3.48. The summed E-state index contributed by atoms with van der Waals surface area (Å²) in [6.07, 6.45) is 6.49. The summed E-state index contributed by atoms with van der Waals surface area (Å²) >= 11 is 3.61. The van der Waals surface area contributed by atoms with Gasteiger partial charge in [0.15, 0.2) is 0 Å². The van der Waals surface area contributed by atoms with Crippen molar-refractivity contribution in [1.82, 2.24) is 5.32 Å². The van der Waals surface area contributed by atoms with E-state index in [4.69, 9.17) is 4.74 Å². The molecule has 2 fully saturated rings. The summed E-state index contributed by atoms with van der Waals surface area (Å²) < 4.78 is 6.52. The van der Waals surface area contributed by atoms with E-state index in [2.05, 4.69) is 45.3 Å². The van der Waals surface area contributed by atoms with Crippen molar-refractivity contribution in [3.05, 3.63) is 22.7 Å². The van der Waals surface area contributed by atoms with Crippen LogP contribution in [0.1, 0.15) is 32.1 Å². The summed E-state index contributed by atoms with van der Waals surface area (Å²) in [6.45, 7) is 0. The lowest BCUT2D eigenvalue weighted by molar-refractivity contribution is 0.252. The van der Waals surface area contributed by atoms with Crippen LogP contribution >= 0.6 is 15.9 Å². The molecule has 3 rings (SSSR count). The Morgan fingerprint density at radius 2 is 1.90 bits per heavy atom. The van der Waals surface area contributed by atoms with Crippen LogP contribution in [0.15, 0.2) is 22.7 Å². The third kappa shape index (κ3) is 2.68. The molecule has 110 valence electrons. The highest BCUT2D eigenvalue weighted by molar-refractivity contribution is 9.10. The molecule has 2 aliphatic rings. The van der Waals surface area contributed by atoms with Gasteiger partial charge < -0.3 is 15.0 Å². The molecule has 0 radical (unpaired) electrons. The predicted octanol–water partition coefficient (Wildman–Crippen LogP) is 3.57. The number of anilines is 1. The van der Waals surface area contributed by atoms with Crippen LogP contribution in [-0.4, -0.2) is 32.3 Å². The van der Waals surface area contributed by atoms with Crippen molar-refractivity contribution in [2.75, 3.05) is 19.1 Å². The summed E-state index contributed by atoms with van der Waals surface area (Å²) in [6, 6.07) is 8.44. The molecule has 2 saturated heterocycles. The molecule has 2 unspecified atom stereocenters. The molecule has 1 N–H and O–H groups in total. The second-order valence-electron chi connectivity index (χ2n) is 5.95. The molecular formula is C16H23BrN2O. The van der Waals surface area contributed by atoms with E-state index in [9.17, 15) is 0 Å². The highest BCUT2D eigenvalue weighted by Gasteiger charge is 2.37. The number of fused-ring (bicyclic) bond motifs is 2. The fourth-order valence-corrected chi connectivity index (χ4v) is 4.31. The molecule has 0 amide bonds. The lowest BCUT2D eigenvalue weighted by Crippen LogP contribution is -2.56. The van der Waals surface area contributed by atoms with Gasteiger partial charge >= 0.3 is 0 Å². The Balaban J connectivity index is 1.91. The molecule has 0 saturated carbocycles. The smallest absolute Gasteiger partial charge is 0.122 e. The van der Waals surface area contributed by atoms with Crippen molar-refractivity contribution in [2.45, 2.75) is 50.2 Å². The second-order valence-corrected chi connectivity index (χ2v) is 6.87. The van der Waals surface area contributed by atoms with Crippen molar-refractivity contribution < 1.29 is 4.74 Å². The Labute approximate surface area is 129 Å². The fourth-order valence-electron chi connectivity index (χ4n) is 3.85. The van der Waals surface area contributed by atoms with E-state index >= 15 is 0 Å². The number of rotatable bonds is 3. The third-order valence-electron chi connectivity index (χ3n) is 4.77. The molecule has 3 nitrogen and oxygen atoms in total. The number of benzene rings is 1. The SMILES string of the molecule is CNC1CC2CCCC(C1)N2c1cc(Br)cc(OC)c1. The van der Waals surface area contributed by atoms with Gasteiger partial charge in [-0.3, -0.25) is 0 Å². The second kappa shape index (κ2) is 5.94. The van der Waals surface area contributed by atoms with Gasteiger partial charge in [0.1, 0.15) is 5.75 Å². The topological polar surface area (TPSA) is 24.5 Å². The van der Waals surface area contributed by atoms with Gasteiger partial charge in [-0.15, -0.1) is 0 Å². The van der Waals surface area contributed by atoms with Crippen LogP contribution in [0.25, 0.3) is 0 Å². The molecule has 1 aromatic carbocycles. The molecule has 1 aromatic rings. The number of hydrogen-bond acceptors (Lipinski definition) is 3. The van der Waals surface area contributed by atoms with Crippen LogP contribution in [-0.2, 0) is 0 Å². The molecule has 20 heavy (non-hydrogen) atoms. The molecular weight excluding hydrogens is 316 g/mol. The van der Waals surface area contributed by atoms with Gasteiger partial charge in [-0.1, -0.05) is 15.9 Å². The summed E-state index contributed by atoms with van der Waals surface area (Å²) in [5.41, 5.74) is 1.31. The minimum Gasteiger partial charge on any atom is -0.497 e. The number of halogens is 1. The maximum absolute atomic E-state index is 5.42. The van der Waals surface area contributed by atoms with E-state index in [1.165, 1.54) is 37.8 Å². The lowest BCUT2D eigenvalue weighted by Gasteiger charge is -2.50. The van der Waals surface area contributed by atoms with Crippen LogP contribution in [0, 0.1) is 0 Å². The number of nitrogens with zero attached hydrogens (tertiary/aromatic N) is 1. The number of nitrogens with one attached hydrogen (secondary N) is 1. The van der Waals surface area contributed by atoms with Crippen molar-refractivity contribution in [1.29, 1.82) is 0 Å². The van der Waals surface area contributed by atoms with Gasteiger partial charge in [0.25, 0.3) is 0 Å². The molecule has 2 atom stereocenters. The van der Waals surface area contributed by atoms with Crippen molar-refractivity contribution in [2.24, 2.45) is 0 Å². The summed E-state index contributed by atoms with van der Waals surface area (Å²) in [4.78, 5) is 2.64. The molecule has 0 aromatic heterocycles. The zero-order valence-electron chi connectivity index (χ0n) is 12.2. The van der Waals surface area contributed by atoms with Crippen molar-refractivity contribution in [3.63, 3.8) is 0 Å². The Kier molecular flexibility index (Phi) is 4.22. The quantitative estimate of drug-likeness (QED) is 0.911. The average molecular weight is 339 g/mol. The number of hydrogen-bond donors (Lipinski definition) is 1. The Bertz CT molecular complexity index is 466. The van der Waals surface area contributed by atoms with E-state index in [-0.39, 0.29) is 0 Å². The zero-order chi connectivity index (χ0) is 14.1. The van der Waals surface area contributed by atoms with Gasteiger partial charge in [-0.05, 0) is 51.3 Å². The van der Waals surface area contributed by atoms with Crippen molar-refractivity contribution in [3.8, 4) is 5.75 Å². The van der Waals surface area contributed by atoms with Crippen LogP contribution in [0.5, 0.6) is 5.75 Å². The zero-order valence-corrected chi connectivity index (χ0v) is 13.8. The fraction of sp³-hybridized carbons (Fsp3) is 0.625. The number of methoxy groups -OCH3 is 1. The van der Waals surface area contributed by atoms with Crippen LogP contribution < -0.4 is 15.0 Å². The molecule has 0 spiro atoms. The van der Waals surface area contributed by atoms with Crippen LogP contribution in [0.2, 0.25) is 0 Å². The molecule has 2 heterocycles. The van der Waals surface area contributed by atoms with Crippen molar-refractivity contribution >= 4 is 21.6 Å². The van der Waals surface area contributed by atoms with Gasteiger partial charge in [0.05, 0.1) is 7.11 Å². The maximum Gasteiger partial charge on any atom is 0.122 e. The maximum atomic E-state index is 5.42. The van der Waals surface area contributed by atoms with E-state index < -0.39 is 0 Å². The van der Waals surface area contributed by atoms with Gasteiger partial charge in [-0.2, -0.15) is 0 Å². The Morgan fingerprint density at radius 3 is 2.50 bits per heavy atom. The third-order valence-corrected chi connectivity index (χ3v) is 5.23. The molecule has 2 aliphatic heterocycles. The summed E-state index contributed by atoms with van der Waals surface area (Å²) in [5.74, 6) is 0.934. The average Bonchev–Trinajstić information content (AvgIpc) is 2.45. The normalized spacial score (nSPS) is 29.4. The first-order chi connectivity index (χ1) is 9.71. The van der Waals surface area contributed by atoms with Gasteiger partial charge in [0.2, 0.25) is 0 Å². The van der Waals surface area contributed by atoms with E-state index in [1.54, 1.807) is 7.11 Å². The van der Waals surface area contributed by atoms with E-state index in [1.807, 2.05) is 6.07 Å². The molecule has 2 bridgehead atoms. The van der Waals surface area contributed by atoms with Crippen LogP contribution in [0.3, 0.4) is 0 Å². The largest absolute Gasteiger partial charge is 0.497 e. The lowest BCUT2D eigenvalue weighted by atomic mass is 9.81. The number of ether oxygens (including phenoxy) is 1. The van der Waals surface area contributed by atoms with Crippen LogP contribution in [0.4, 0.5) is 5.69 Å². The Hall–Kier alpha value is -0.740. The minimum absolute atomic E-state index is 0.666.